The molecule has 0 saturated carbocycles. The van der Waals surface area contributed by atoms with Crippen molar-refractivity contribution >= 4 is 10.8 Å². The molecule has 1 aliphatic carbocycles. The number of rotatable bonds is 5. The Bertz CT molecular complexity index is 2980. The summed E-state index contributed by atoms with van der Waals surface area (Å²) in [7, 11) is 0. The fourth-order valence-electron chi connectivity index (χ4n) is 7.02. The maximum Gasteiger partial charge on any atom is 0.160 e. The van der Waals surface area contributed by atoms with E-state index >= 15 is 0 Å². The Morgan fingerprint density at radius 2 is 1.02 bits per heavy atom. The number of aromatic nitrogens is 2. The van der Waals surface area contributed by atoms with Crippen LogP contribution in [0.4, 0.5) is 0 Å². The van der Waals surface area contributed by atoms with Crippen LogP contribution in [0.15, 0.2) is 170 Å². The number of hydrogen-bond acceptors (Lipinski definition) is 2. The van der Waals surface area contributed by atoms with Crippen molar-refractivity contribution in [2.24, 2.45) is 0 Å². The largest absolute Gasteiger partial charge is 0.228 e. The average molecular weight is 636 g/mol. The van der Waals surface area contributed by atoms with Crippen molar-refractivity contribution < 1.29 is 12.3 Å². The van der Waals surface area contributed by atoms with E-state index in [1.54, 1.807) is 6.07 Å². The summed E-state index contributed by atoms with van der Waals surface area (Å²) in [5, 5.41) is 1.92. The summed E-state index contributed by atoms with van der Waals surface area (Å²) in [6.45, 7) is 4.53. The molecule has 0 bridgehead atoms. The number of benzene rings is 7. The van der Waals surface area contributed by atoms with Gasteiger partial charge in [-0.15, -0.1) is 0 Å². The van der Waals surface area contributed by atoms with Crippen molar-refractivity contribution in [2.75, 3.05) is 0 Å². The first-order valence-electron chi connectivity index (χ1n) is 20.7. The molecule has 0 atom stereocenters. The Labute approximate surface area is 300 Å². The second-order valence-corrected chi connectivity index (χ2v) is 12.7. The second kappa shape index (κ2) is 11.5. The van der Waals surface area contributed by atoms with Crippen molar-refractivity contribution in [1.82, 2.24) is 9.97 Å². The van der Waals surface area contributed by atoms with Crippen molar-refractivity contribution in [2.45, 2.75) is 19.3 Å². The minimum absolute atomic E-state index is 0.102. The lowest BCUT2D eigenvalue weighted by Gasteiger charge is -2.22. The predicted molar refractivity (Wildman–Crippen MR) is 204 cm³/mol. The molecule has 49 heavy (non-hydrogen) atoms. The van der Waals surface area contributed by atoms with E-state index in [1.807, 2.05) is 54.6 Å². The molecule has 9 rings (SSSR count). The third-order valence-electron chi connectivity index (χ3n) is 9.48. The molecule has 0 fully saturated rings. The lowest BCUT2D eigenvalue weighted by atomic mass is 9.81. The molecular weight excluding hydrogens is 593 g/mol. The third-order valence-corrected chi connectivity index (χ3v) is 9.48. The molecule has 0 N–H and O–H groups in total. The van der Waals surface area contributed by atoms with E-state index in [0.29, 0.717) is 17.1 Å². The van der Waals surface area contributed by atoms with Gasteiger partial charge in [0.15, 0.2) is 5.82 Å². The molecule has 0 aliphatic heterocycles. The summed E-state index contributed by atoms with van der Waals surface area (Å²) < 4.78 is 77.8. The lowest BCUT2D eigenvalue weighted by molar-refractivity contribution is 0.660. The topological polar surface area (TPSA) is 25.8 Å². The summed E-state index contributed by atoms with van der Waals surface area (Å²) in [5.74, 6) is 0.313. The summed E-state index contributed by atoms with van der Waals surface area (Å²) in [4.78, 5) is 9.84. The Morgan fingerprint density at radius 1 is 0.429 bits per heavy atom. The van der Waals surface area contributed by atoms with Crippen LogP contribution in [-0.2, 0) is 5.41 Å². The smallest absolute Gasteiger partial charge is 0.160 e. The van der Waals surface area contributed by atoms with Gasteiger partial charge < -0.3 is 0 Å². The van der Waals surface area contributed by atoms with Crippen molar-refractivity contribution in [3.63, 3.8) is 0 Å². The molecule has 2 heteroatoms. The van der Waals surface area contributed by atoms with Gasteiger partial charge in [0.05, 0.1) is 23.7 Å². The maximum atomic E-state index is 9.17. The van der Waals surface area contributed by atoms with Gasteiger partial charge in [-0.25, -0.2) is 9.97 Å². The van der Waals surface area contributed by atoms with E-state index in [9.17, 15) is 2.74 Å². The molecule has 0 spiro atoms. The Balaban J connectivity index is 1.24. The zero-order chi connectivity index (χ0) is 40.8. The molecule has 1 aromatic heterocycles. The van der Waals surface area contributed by atoms with E-state index in [4.69, 9.17) is 19.6 Å². The molecule has 0 amide bonds. The van der Waals surface area contributed by atoms with Gasteiger partial charge in [-0.2, -0.15) is 0 Å². The van der Waals surface area contributed by atoms with E-state index in [2.05, 4.69) is 68.4 Å². The van der Waals surface area contributed by atoms with Crippen molar-refractivity contribution in [1.29, 1.82) is 0 Å². The Hall–Kier alpha value is -6.12. The Kier molecular flexibility index (Phi) is 4.94. The van der Waals surface area contributed by atoms with Gasteiger partial charge in [0, 0.05) is 22.1 Å². The van der Waals surface area contributed by atoms with Crippen LogP contribution in [0.2, 0.25) is 0 Å². The van der Waals surface area contributed by atoms with Gasteiger partial charge in [-0.3, -0.25) is 0 Å². The minimum atomic E-state index is -0.631. The van der Waals surface area contributed by atoms with Gasteiger partial charge in [0.2, 0.25) is 0 Å². The van der Waals surface area contributed by atoms with Crippen molar-refractivity contribution in [3.8, 4) is 67.3 Å². The highest BCUT2D eigenvalue weighted by Crippen LogP contribution is 2.50. The molecule has 0 unspecified atom stereocenters. The highest BCUT2D eigenvalue weighted by atomic mass is 14.9. The summed E-state index contributed by atoms with van der Waals surface area (Å²) >= 11 is 0. The van der Waals surface area contributed by atoms with Gasteiger partial charge in [-0.05, 0) is 67.4 Å². The molecule has 8 aromatic rings. The zero-order valence-electron chi connectivity index (χ0n) is 35.9. The standard InChI is InChI=1S/C47H34N2/c1-47(2)42-20-12-11-19-39(42)40-26-25-35(29-43(40)47)36-27-28-41(38-18-10-9-17-37(36)38)45-30-44(48-46(49-45)34-15-7-4-8-16-34)33-23-21-32(22-24-33)31-13-5-3-6-14-31/h3-30H,1-2H3/i3D,5D,6D,13D,14D,21D,22D,23D,24D. The summed E-state index contributed by atoms with van der Waals surface area (Å²) in [6, 6.07) is 33.3. The van der Waals surface area contributed by atoms with Crippen LogP contribution < -0.4 is 0 Å². The zero-order valence-corrected chi connectivity index (χ0v) is 26.9. The van der Waals surface area contributed by atoms with Gasteiger partial charge in [0.25, 0.3) is 0 Å². The highest BCUT2D eigenvalue weighted by molar-refractivity contribution is 6.05. The monoisotopic (exact) mass is 635 g/mol. The average Bonchev–Trinajstić information content (AvgIpc) is 3.47. The van der Waals surface area contributed by atoms with Crippen LogP contribution in [0, 0.1) is 0 Å². The maximum absolute atomic E-state index is 9.17. The molecule has 0 saturated heterocycles. The molecule has 7 aromatic carbocycles. The van der Waals surface area contributed by atoms with Gasteiger partial charge >= 0.3 is 0 Å². The van der Waals surface area contributed by atoms with Crippen LogP contribution in [0.3, 0.4) is 0 Å². The van der Waals surface area contributed by atoms with Crippen LogP contribution in [-0.4, -0.2) is 9.97 Å². The van der Waals surface area contributed by atoms with E-state index in [0.717, 1.165) is 27.5 Å². The van der Waals surface area contributed by atoms with E-state index in [-0.39, 0.29) is 22.2 Å². The van der Waals surface area contributed by atoms with E-state index in [1.165, 1.54) is 22.3 Å². The summed E-state index contributed by atoms with van der Waals surface area (Å²) in [6.07, 6.45) is 0. The van der Waals surface area contributed by atoms with Crippen LogP contribution in [0.1, 0.15) is 37.3 Å². The molecule has 1 heterocycles. The summed E-state index contributed by atoms with van der Waals surface area (Å²) in [5.41, 5.74) is 8.26. The quantitative estimate of drug-likeness (QED) is 0.188. The number of nitrogens with zero attached hydrogens (tertiary/aromatic N) is 2. The third kappa shape index (κ3) is 4.96. The van der Waals surface area contributed by atoms with Crippen LogP contribution >= 0.6 is 0 Å². The van der Waals surface area contributed by atoms with Gasteiger partial charge in [-0.1, -0.05) is 171 Å². The molecular formula is C47H34N2. The SMILES string of the molecule is [2H]c1c([2H])c([2H])c(-c2c([2H])c([2H])c(-c3cc(-c4ccc(-c5ccc6c(c5)C(C)(C)c5ccccc5-6)c5ccccc45)nc(-c4ccccc4)n3)c([2H])c2[2H])c([2H])c1[2H]. The first kappa shape index (κ1) is 21.0. The van der Waals surface area contributed by atoms with E-state index < -0.39 is 59.9 Å². The number of hydrogen-bond donors (Lipinski definition) is 0. The fraction of sp³-hybridized carbons (Fsp3) is 0.0638. The number of fused-ring (bicyclic) bond motifs is 4. The molecule has 1 aliphatic rings. The molecule has 0 radical (unpaired) electrons. The van der Waals surface area contributed by atoms with Gasteiger partial charge in [0.1, 0.15) is 0 Å². The first-order chi connectivity index (χ1) is 27.8. The van der Waals surface area contributed by atoms with Crippen LogP contribution in [0.25, 0.3) is 78.1 Å². The molecule has 2 nitrogen and oxygen atoms in total. The minimum Gasteiger partial charge on any atom is -0.228 e. The predicted octanol–water partition coefficient (Wildman–Crippen LogP) is 12.3. The van der Waals surface area contributed by atoms with Crippen LogP contribution in [0.5, 0.6) is 0 Å². The first-order valence-corrected chi connectivity index (χ1v) is 16.2. The second-order valence-electron chi connectivity index (χ2n) is 12.7. The Morgan fingerprint density at radius 3 is 1.82 bits per heavy atom. The normalized spacial score (nSPS) is 15.4. The fourth-order valence-corrected chi connectivity index (χ4v) is 7.02. The highest BCUT2D eigenvalue weighted by Gasteiger charge is 2.35. The lowest BCUT2D eigenvalue weighted by Crippen LogP contribution is -2.14. The van der Waals surface area contributed by atoms with Crippen molar-refractivity contribution in [3.05, 3.63) is 181 Å². The molecule has 232 valence electrons.